The van der Waals surface area contributed by atoms with Crippen molar-refractivity contribution in [2.75, 3.05) is 19.8 Å². The molecular weight excluding hydrogens is 178 g/mol. The second-order valence-electron chi connectivity index (χ2n) is 3.17. The molecule has 14 heavy (non-hydrogen) atoms. The lowest BCUT2D eigenvalue weighted by Crippen LogP contribution is -2.09. The molecule has 1 heterocycles. The van der Waals surface area contributed by atoms with Crippen molar-refractivity contribution >= 4 is 0 Å². The van der Waals surface area contributed by atoms with E-state index in [4.69, 9.17) is 10.5 Å². The molecule has 1 aromatic rings. The smallest absolute Gasteiger partial charge is 0.0948 e. The van der Waals surface area contributed by atoms with Gasteiger partial charge in [0.2, 0.25) is 0 Å². The summed E-state index contributed by atoms with van der Waals surface area (Å²) in [4.78, 5) is 4.11. The van der Waals surface area contributed by atoms with Crippen LogP contribution >= 0.6 is 0 Å². The van der Waals surface area contributed by atoms with Crippen molar-refractivity contribution in [3.63, 3.8) is 0 Å². The number of ether oxygens (including phenoxy) is 1. The van der Waals surface area contributed by atoms with Gasteiger partial charge in [0.25, 0.3) is 0 Å². The van der Waals surface area contributed by atoms with E-state index in [9.17, 15) is 0 Å². The average molecular weight is 197 g/mol. The van der Waals surface area contributed by atoms with Gasteiger partial charge in [-0.25, -0.2) is 4.98 Å². The van der Waals surface area contributed by atoms with Crippen LogP contribution in [0.5, 0.6) is 0 Å². The van der Waals surface area contributed by atoms with Crippen molar-refractivity contribution in [2.24, 2.45) is 5.73 Å². The largest absolute Gasteiger partial charge is 0.382 e. The van der Waals surface area contributed by atoms with E-state index < -0.39 is 0 Å². The van der Waals surface area contributed by atoms with Crippen molar-refractivity contribution in [3.8, 4) is 0 Å². The van der Waals surface area contributed by atoms with Gasteiger partial charge in [-0.2, -0.15) is 0 Å². The molecule has 0 aliphatic carbocycles. The molecule has 0 fully saturated rings. The molecule has 4 nitrogen and oxygen atoms in total. The Morgan fingerprint density at radius 3 is 3.14 bits per heavy atom. The van der Waals surface area contributed by atoms with E-state index >= 15 is 0 Å². The van der Waals surface area contributed by atoms with Gasteiger partial charge >= 0.3 is 0 Å². The normalized spacial score (nSPS) is 10.7. The molecule has 1 aromatic heterocycles. The third-order valence-corrected chi connectivity index (χ3v) is 2.09. The van der Waals surface area contributed by atoms with Crippen LogP contribution in [0.1, 0.15) is 19.0 Å². The molecular formula is C10H19N3O. The highest BCUT2D eigenvalue weighted by atomic mass is 16.5. The lowest BCUT2D eigenvalue weighted by Gasteiger charge is -2.06. The Morgan fingerprint density at radius 2 is 2.43 bits per heavy atom. The molecule has 0 unspecified atom stereocenters. The van der Waals surface area contributed by atoms with E-state index in [0.717, 1.165) is 32.6 Å². The van der Waals surface area contributed by atoms with Crippen LogP contribution in [0.15, 0.2) is 12.5 Å². The van der Waals surface area contributed by atoms with Crippen molar-refractivity contribution in [2.45, 2.75) is 26.3 Å². The number of rotatable bonds is 7. The quantitative estimate of drug-likeness (QED) is 0.658. The minimum absolute atomic E-state index is 0.678. The molecule has 0 aliphatic heterocycles. The molecule has 0 amide bonds. The average Bonchev–Trinajstić information content (AvgIpc) is 2.61. The van der Waals surface area contributed by atoms with Gasteiger partial charge in [0.1, 0.15) is 0 Å². The fourth-order valence-electron chi connectivity index (χ4n) is 1.39. The Kier molecular flexibility index (Phi) is 5.25. The van der Waals surface area contributed by atoms with Crippen LogP contribution in [0.4, 0.5) is 0 Å². The molecule has 0 saturated heterocycles. The molecule has 80 valence electrons. The standard InChI is InChI=1S/C10H19N3O/c1-2-14-7-3-6-13-9-12-8-10(13)4-5-11/h8-9H,2-7,11H2,1H3. The highest BCUT2D eigenvalue weighted by Gasteiger charge is 1.99. The first-order valence-corrected chi connectivity index (χ1v) is 5.15. The lowest BCUT2D eigenvalue weighted by atomic mass is 10.3. The summed E-state index contributed by atoms with van der Waals surface area (Å²) in [6.45, 7) is 5.26. The van der Waals surface area contributed by atoms with Gasteiger partial charge in [-0.15, -0.1) is 0 Å². The van der Waals surface area contributed by atoms with Gasteiger partial charge in [-0.3, -0.25) is 0 Å². The minimum Gasteiger partial charge on any atom is -0.382 e. The van der Waals surface area contributed by atoms with Crippen LogP contribution < -0.4 is 5.73 Å². The summed E-state index contributed by atoms with van der Waals surface area (Å²) in [5.41, 5.74) is 6.71. The first kappa shape index (κ1) is 11.2. The summed E-state index contributed by atoms with van der Waals surface area (Å²) in [7, 11) is 0. The van der Waals surface area contributed by atoms with Crippen LogP contribution in [-0.4, -0.2) is 29.3 Å². The van der Waals surface area contributed by atoms with Crippen LogP contribution in [-0.2, 0) is 17.7 Å². The summed E-state index contributed by atoms with van der Waals surface area (Å²) in [5.74, 6) is 0. The van der Waals surface area contributed by atoms with Gasteiger partial charge in [0.05, 0.1) is 6.33 Å². The van der Waals surface area contributed by atoms with Crippen LogP contribution in [0.2, 0.25) is 0 Å². The minimum atomic E-state index is 0.678. The maximum atomic E-state index is 5.50. The Balaban J connectivity index is 2.30. The number of aryl methyl sites for hydroxylation is 1. The van der Waals surface area contributed by atoms with Gasteiger partial charge in [-0.05, 0) is 19.9 Å². The number of hydrogen-bond donors (Lipinski definition) is 1. The third-order valence-electron chi connectivity index (χ3n) is 2.09. The van der Waals surface area contributed by atoms with Crippen molar-refractivity contribution in [3.05, 3.63) is 18.2 Å². The Labute approximate surface area is 85.1 Å². The first-order chi connectivity index (χ1) is 6.88. The van der Waals surface area contributed by atoms with Gasteiger partial charge in [0.15, 0.2) is 0 Å². The van der Waals surface area contributed by atoms with E-state index in [1.165, 1.54) is 5.69 Å². The maximum Gasteiger partial charge on any atom is 0.0948 e. The third kappa shape index (κ3) is 3.47. The molecule has 4 heteroatoms. The Hall–Kier alpha value is -0.870. The van der Waals surface area contributed by atoms with Gasteiger partial charge < -0.3 is 15.0 Å². The fraction of sp³-hybridized carbons (Fsp3) is 0.700. The molecule has 0 aliphatic rings. The van der Waals surface area contributed by atoms with E-state index in [1.807, 2.05) is 19.4 Å². The Bertz CT molecular complexity index is 247. The van der Waals surface area contributed by atoms with Crippen LogP contribution in [0, 0.1) is 0 Å². The molecule has 1 rings (SSSR count). The zero-order valence-corrected chi connectivity index (χ0v) is 8.78. The number of nitrogens with two attached hydrogens (primary N) is 1. The summed E-state index contributed by atoms with van der Waals surface area (Å²) in [6, 6.07) is 0. The van der Waals surface area contributed by atoms with E-state index in [-0.39, 0.29) is 0 Å². The zero-order chi connectivity index (χ0) is 10.2. The molecule has 0 saturated carbocycles. The maximum absolute atomic E-state index is 5.50. The summed E-state index contributed by atoms with van der Waals surface area (Å²) in [6.07, 6.45) is 5.67. The molecule has 0 bridgehead atoms. The van der Waals surface area contributed by atoms with Gasteiger partial charge in [0, 0.05) is 38.1 Å². The van der Waals surface area contributed by atoms with Crippen LogP contribution in [0.3, 0.4) is 0 Å². The molecule has 2 N–H and O–H groups in total. The highest BCUT2D eigenvalue weighted by molar-refractivity contribution is 4.98. The number of hydrogen-bond acceptors (Lipinski definition) is 3. The molecule has 0 atom stereocenters. The monoisotopic (exact) mass is 197 g/mol. The topological polar surface area (TPSA) is 53.1 Å². The Morgan fingerprint density at radius 1 is 1.57 bits per heavy atom. The van der Waals surface area contributed by atoms with E-state index in [0.29, 0.717) is 6.54 Å². The van der Waals surface area contributed by atoms with Crippen molar-refractivity contribution in [1.82, 2.24) is 9.55 Å². The predicted molar refractivity (Wildman–Crippen MR) is 56.1 cm³/mol. The van der Waals surface area contributed by atoms with Gasteiger partial charge in [-0.1, -0.05) is 0 Å². The fourth-order valence-corrected chi connectivity index (χ4v) is 1.39. The second-order valence-corrected chi connectivity index (χ2v) is 3.17. The SMILES string of the molecule is CCOCCCn1cncc1CCN. The zero-order valence-electron chi connectivity index (χ0n) is 8.78. The highest BCUT2D eigenvalue weighted by Crippen LogP contribution is 2.01. The summed E-state index contributed by atoms with van der Waals surface area (Å²) < 4.78 is 7.42. The van der Waals surface area contributed by atoms with E-state index in [2.05, 4.69) is 9.55 Å². The van der Waals surface area contributed by atoms with Crippen molar-refractivity contribution < 1.29 is 4.74 Å². The molecule has 0 spiro atoms. The van der Waals surface area contributed by atoms with Crippen LogP contribution in [0.25, 0.3) is 0 Å². The molecule has 0 radical (unpaired) electrons. The number of aromatic nitrogens is 2. The summed E-state index contributed by atoms with van der Waals surface area (Å²) >= 11 is 0. The number of imidazole rings is 1. The first-order valence-electron chi connectivity index (χ1n) is 5.15. The summed E-state index contributed by atoms with van der Waals surface area (Å²) in [5, 5.41) is 0. The predicted octanol–water partition coefficient (Wildman–Crippen LogP) is 0.811. The number of nitrogens with zero attached hydrogens (tertiary/aromatic N) is 2. The molecule has 0 aromatic carbocycles. The van der Waals surface area contributed by atoms with E-state index in [1.54, 1.807) is 0 Å². The lowest BCUT2D eigenvalue weighted by molar-refractivity contribution is 0.141. The van der Waals surface area contributed by atoms with Crippen molar-refractivity contribution in [1.29, 1.82) is 0 Å². The second kappa shape index (κ2) is 6.56.